The second-order valence-electron chi connectivity index (χ2n) is 5.57. The van der Waals surface area contributed by atoms with E-state index < -0.39 is 0 Å². The zero-order valence-electron chi connectivity index (χ0n) is 10.6. The predicted octanol–water partition coefficient (Wildman–Crippen LogP) is 3.77. The summed E-state index contributed by atoms with van der Waals surface area (Å²) in [6, 6.07) is 12.1. The summed E-state index contributed by atoms with van der Waals surface area (Å²) >= 11 is 0. The second kappa shape index (κ2) is 5.01. The van der Waals surface area contributed by atoms with E-state index in [-0.39, 0.29) is 0 Å². The van der Waals surface area contributed by atoms with Crippen molar-refractivity contribution in [3.05, 3.63) is 35.9 Å². The maximum Gasteiger partial charge on any atom is 0.0345 e. The fraction of sp³-hybridized carbons (Fsp3) is 0.600. The van der Waals surface area contributed by atoms with Gasteiger partial charge in [-0.1, -0.05) is 51.1 Å². The van der Waals surface area contributed by atoms with Crippen LogP contribution < -0.4 is 5.32 Å². The van der Waals surface area contributed by atoms with Gasteiger partial charge in [0.15, 0.2) is 0 Å². The quantitative estimate of drug-likeness (QED) is 0.809. The Morgan fingerprint density at radius 2 is 1.75 bits per heavy atom. The number of benzene rings is 1. The molecule has 0 spiro atoms. The van der Waals surface area contributed by atoms with Crippen molar-refractivity contribution in [2.45, 2.75) is 45.7 Å². The molecule has 0 amide bonds. The summed E-state index contributed by atoms with van der Waals surface area (Å²) in [6.45, 7) is 6.94. The summed E-state index contributed by atoms with van der Waals surface area (Å²) in [5.41, 5.74) is 1.43. The van der Waals surface area contributed by atoms with Crippen LogP contribution in [0.15, 0.2) is 30.3 Å². The summed E-state index contributed by atoms with van der Waals surface area (Å²) in [5, 5.41) is 3.80. The lowest BCUT2D eigenvalue weighted by Gasteiger charge is -2.38. The number of hydrogen-bond donors (Lipinski definition) is 1. The first-order chi connectivity index (χ1) is 7.66. The summed E-state index contributed by atoms with van der Waals surface area (Å²) in [7, 11) is 0. The maximum atomic E-state index is 3.80. The monoisotopic (exact) mass is 217 g/mol. The van der Waals surface area contributed by atoms with Crippen molar-refractivity contribution in [3.63, 3.8) is 0 Å². The Labute approximate surface area is 99.3 Å². The molecule has 16 heavy (non-hydrogen) atoms. The molecule has 1 aromatic rings. The first-order valence-corrected chi connectivity index (χ1v) is 6.48. The van der Waals surface area contributed by atoms with E-state index in [4.69, 9.17) is 0 Å². The van der Waals surface area contributed by atoms with Crippen molar-refractivity contribution < 1.29 is 0 Å². The Morgan fingerprint density at radius 3 is 2.25 bits per heavy atom. The largest absolute Gasteiger partial charge is 0.307 e. The molecule has 0 heterocycles. The molecule has 1 fully saturated rings. The third-order valence-electron chi connectivity index (χ3n) is 3.61. The molecule has 1 aliphatic carbocycles. The molecule has 0 aromatic heterocycles. The van der Waals surface area contributed by atoms with Gasteiger partial charge in [0.25, 0.3) is 0 Å². The van der Waals surface area contributed by atoms with Gasteiger partial charge in [0.2, 0.25) is 0 Å². The predicted molar refractivity (Wildman–Crippen MR) is 69.3 cm³/mol. The average molecular weight is 217 g/mol. The molecule has 0 aliphatic heterocycles. The van der Waals surface area contributed by atoms with Crippen molar-refractivity contribution >= 4 is 0 Å². The topological polar surface area (TPSA) is 12.0 Å². The van der Waals surface area contributed by atoms with Gasteiger partial charge in [0.1, 0.15) is 0 Å². The highest BCUT2D eigenvalue weighted by Crippen LogP contribution is 2.31. The molecule has 1 aromatic carbocycles. The molecular weight excluding hydrogens is 194 g/mol. The van der Waals surface area contributed by atoms with Gasteiger partial charge in [-0.05, 0) is 30.2 Å². The molecule has 1 aliphatic rings. The van der Waals surface area contributed by atoms with E-state index in [1.807, 2.05) is 0 Å². The molecule has 1 atom stereocenters. The third kappa shape index (κ3) is 2.65. The smallest absolute Gasteiger partial charge is 0.0345 e. The summed E-state index contributed by atoms with van der Waals surface area (Å²) in [5.74, 6) is 1.57. The van der Waals surface area contributed by atoms with E-state index in [0.29, 0.717) is 12.0 Å². The van der Waals surface area contributed by atoms with Crippen molar-refractivity contribution in [1.29, 1.82) is 0 Å². The lowest BCUT2D eigenvalue weighted by Crippen LogP contribution is -2.43. The molecule has 0 bridgehead atoms. The van der Waals surface area contributed by atoms with Gasteiger partial charge in [-0.2, -0.15) is 0 Å². The van der Waals surface area contributed by atoms with Crippen LogP contribution >= 0.6 is 0 Å². The van der Waals surface area contributed by atoms with E-state index in [1.165, 1.54) is 18.4 Å². The van der Waals surface area contributed by atoms with Gasteiger partial charge >= 0.3 is 0 Å². The Balaban J connectivity index is 2.01. The van der Waals surface area contributed by atoms with Crippen LogP contribution in [0.1, 0.15) is 45.2 Å². The minimum atomic E-state index is 0.513. The van der Waals surface area contributed by atoms with Crippen molar-refractivity contribution in [3.8, 4) is 0 Å². The fourth-order valence-corrected chi connectivity index (χ4v) is 2.63. The lowest BCUT2D eigenvalue weighted by atomic mass is 9.80. The highest BCUT2D eigenvalue weighted by Gasteiger charge is 2.28. The van der Waals surface area contributed by atoms with Crippen LogP contribution in [0.3, 0.4) is 0 Å². The van der Waals surface area contributed by atoms with Gasteiger partial charge in [-0.15, -0.1) is 0 Å². The van der Waals surface area contributed by atoms with E-state index in [9.17, 15) is 0 Å². The standard InChI is InChI=1S/C15H23N/c1-11(2)15(13-7-5-4-6-8-13)16-14-9-12(3)10-14/h4-8,11-12,14-16H,9-10H2,1-3H3. The highest BCUT2D eigenvalue weighted by atomic mass is 15.0. The van der Waals surface area contributed by atoms with Crippen LogP contribution in [0.5, 0.6) is 0 Å². The third-order valence-corrected chi connectivity index (χ3v) is 3.61. The zero-order chi connectivity index (χ0) is 11.5. The molecule has 1 saturated carbocycles. The van der Waals surface area contributed by atoms with Crippen molar-refractivity contribution in [2.24, 2.45) is 11.8 Å². The minimum absolute atomic E-state index is 0.513. The minimum Gasteiger partial charge on any atom is -0.307 e. The Bertz CT molecular complexity index is 311. The van der Waals surface area contributed by atoms with Crippen molar-refractivity contribution in [2.75, 3.05) is 0 Å². The van der Waals surface area contributed by atoms with Gasteiger partial charge in [-0.25, -0.2) is 0 Å². The molecule has 88 valence electrons. The van der Waals surface area contributed by atoms with Gasteiger partial charge in [0, 0.05) is 12.1 Å². The summed E-state index contributed by atoms with van der Waals surface area (Å²) in [6.07, 6.45) is 2.69. The Morgan fingerprint density at radius 1 is 1.12 bits per heavy atom. The second-order valence-corrected chi connectivity index (χ2v) is 5.57. The molecule has 0 radical (unpaired) electrons. The van der Waals surface area contributed by atoms with E-state index in [0.717, 1.165) is 12.0 Å². The molecular formula is C15H23N. The van der Waals surface area contributed by atoms with E-state index in [2.05, 4.69) is 56.4 Å². The molecule has 2 rings (SSSR count). The first kappa shape index (κ1) is 11.7. The van der Waals surface area contributed by atoms with Crippen LogP contribution in [-0.4, -0.2) is 6.04 Å². The Kier molecular flexibility index (Phi) is 3.65. The number of nitrogens with one attached hydrogen (secondary N) is 1. The fourth-order valence-electron chi connectivity index (χ4n) is 2.63. The van der Waals surface area contributed by atoms with Crippen molar-refractivity contribution in [1.82, 2.24) is 5.32 Å². The number of rotatable bonds is 4. The maximum absolute atomic E-state index is 3.80. The van der Waals surface area contributed by atoms with Gasteiger partial charge in [0.05, 0.1) is 0 Å². The van der Waals surface area contributed by atoms with E-state index >= 15 is 0 Å². The highest BCUT2D eigenvalue weighted by molar-refractivity contribution is 5.19. The normalized spacial score (nSPS) is 26.5. The first-order valence-electron chi connectivity index (χ1n) is 6.48. The zero-order valence-corrected chi connectivity index (χ0v) is 10.6. The van der Waals surface area contributed by atoms with Crippen LogP contribution in [0.2, 0.25) is 0 Å². The van der Waals surface area contributed by atoms with Crippen LogP contribution in [0.25, 0.3) is 0 Å². The average Bonchev–Trinajstić information content (AvgIpc) is 2.23. The molecule has 0 saturated heterocycles. The SMILES string of the molecule is CC1CC(NC(c2ccccc2)C(C)C)C1. The van der Waals surface area contributed by atoms with Gasteiger partial charge in [-0.3, -0.25) is 0 Å². The summed E-state index contributed by atoms with van der Waals surface area (Å²) in [4.78, 5) is 0. The molecule has 1 unspecified atom stereocenters. The molecule has 1 nitrogen and oxygen atoms in total. The number of hydrogen-bond acceptors (Lipinski definition) is 1. The van der Waals surface area contributed by atoms with E-state index in [1.54, 1.807) is 0 Å². The lowest BCUT2D eigenvalue weighted by molar-refractivity contribution is 0.206. The van der Waals surface area contributed by atoms with Crippen LogP contribution in [-0.2, 0) is 0 Å². The molecule has 1 heteroatoms. The summed E-state index contributed by atoms with van der Waals surface area (Å²) < 4.78 is 0. The van der Waals surface area contributed by atoms with Crippen LogP contribution in [0, 0.1) is 11.8 Å². The van der Waals surface area contributed by atoms with Crippen LogP contribution in [0.4, 0.5) is 0 Å². The molecule has 1 N–H and O–H groups in total. The van der Waals surface area contributed by atoms with Gasteiger partial charge < -0.3 is 5.32 Å². The Hall–Kier alpha value is -0.820.